The van der Waals surface area contributed by atoms with E-state index in [-0.39, 0.29) is 5.78 Å². The topological polar surface area (TPSA) is 52.3 Å². The predicted molar refractivity (Wildman–Crippen MR) is 76.6 cm³/mol. The number of rotatable bonds is 3. The molecule has 0 spiro atoms. The minimum absolute atomic E-state index is 0.0274. The van der Waals surface area contributed by atoms with E-state index in [1.54, 1.807) is 7.11 Å². The van der Waals surface area contributed by atoms with Gasteiger partial charge in [0.15, 0.2) is 5.78 Å². The van der Waals surface area contributed by atoms with Gasteiger partial charge in [0.05, 0.1) is 18.2 Å². The largest absolute Gasteiger partial charge is 0.496 e. The molecule has 0 heterocycles. The van der Waals surface area contributed by atoms with Crippen molar-refractivity contribution in [2.24, 2.45) is 11.7 Å². The van der Waals surface area contributed by atoms with Crippen molar-refractivity contribution in [3.8, 4) is 5.75 Å². The Bertz CT molecular complexity index is 484. The quantitative estimate of drug-likeness (QED) is 0.851. The first-order chi connectivity index (χ1) is 8.96. The van der Waals surface area contributed by atoms with Gasteiger partial charge in [0.25, 0.3) is 0 Å². The number of benzene rings is 1. The maximum atomic E-state index is 12.8. The highest BCUT2D eigenvalue weighted by Crippen LogP contribution is 2.35. The van der Waals surface area contributed by atoms with Crippen LogP contribution in [0.15, 0.2) is 18.2 Å². The summed E-state index contributed by atoms with van der Waals surface area (Å²) in [6.45, 7) is 4.14. The standard InChI is InChI=1S/C16H23NO2/c1-11-6-7-14(19-3)13(9-11)15(18)16(17)8-4-5-12(2)10-16/h6-7,9,12H,4-5,8,10,17H2,1-3H3. The highest BCUT2D eigenvalue weighted by molar-refractivity contribution is 6.05. The number of ketones is 1. The van der Waals surface area contributed by atoms with Crippen LogP contribution in [0.4, 0.5) is 0 Å². The number of hydrogen-bond donors (Lipinski definition) is 1. The van der Waals surface area contributed by atoms with Crippen LogP contribution in [0.1, 0.15) is 48.5 Å². The molecule has 2 rings (SSSR count). The minimum atomic E-state index is -0.723. The second-order valence-corrected chi connectivity index (χ2v) is 5.89. The van der Waals surface area contributed by atoms with E-state index < -0.39 is 5.54 Å². The van der Waals surface area contributed by atoms with Crippen LogP contribution in [-0.4, -0.2) is 18.4 Å². The van der Waals surface area contributed by atoms with Gasteiger partial charge in [-0.2, -0.15) is 0 Å². The van der Waals surface area contributed by atoms with Crippen molar-refractivity contribution >= 4 is 5.78 Å². The first kappa shape index (κ1) is 14.1. The molecular formula is C16H23NO2. The number of methoxy groups -OCH3 is 1. The lowest BCUT2D eigenvalue weighted by molar-refractivity contribution is 0.0816. The molecule has 1 aliphatic rings. The molecule has 1 fully saturated rings. The summed E-state index contributed by atoms with van der Waals surface area (Å²) in [7, 11) is 1.59. The molecule has 2 N–H and O–H groups in total. The molecule has 0 bridgehead atoms. The van der Waals surface area contributed by atoms with Crippen LogP contribution >= 0.6 is 0 Å². The van der Waals surface area contributed by atoms with Crippen molar-refractivity contribution in [2.45, 2.75) is 45.1 Å². The Morgan fingerprint density at radius 3 is 2.84 bits per heavy atom. The van der Waals surface area contributed by atoms with Crippen LogP contribution in [0.3, 0.4) is 0 Å². The number of carbonyl (C=O) groups is 1. The zero-order chi connectivity index (χ0) is 14.0. The molecule has 19 heavy (non-hydrogen) atoms. The molecular weight excluding hydrogens is 238 g/mol. The van der Waals surface area contributed by atoms with E-state index in [9.17, 15) is 4.79 Å². The maximum Gasteiger partial charge on any atom is 0.186 e. The zero-order valence-corrected chi connectivity index (χ0v) is 12.0. The number of aryl methyl sites for hydroxylation is 1. The van der Waals surface area contributed by atoms with Crippen LogP contribution in [0.25, 0.3) is 0 Å². The predicted octanol–water partition coefficient (Wildman–Crippen LogP) is 3.09. The van der Waals surface area contributed by atoms with E-state index in [1.165, 1.54) is 0 Å². The summed E-state index contributed by atoms with van der Waals surface area (Å²) < 4.78 is 5.31. The highest BCUT2D eigenvalue weighted by atomic mass is 16.5. The summed E-state index contributed by atoms with van der Waals surface area (Å²) in [4.78, 5) is 12.8. The van der Waals surface area contributed by atoms with Crippen molar-refractivity contribution in [3.63, 3.8) is 0 Å². The fourth-order valence-electron chi connectivity index (χ4n) is 3.07. The third-order valence-corrected chi connectivity index (χ3v) is 4.08. The van der Waals surface area contributed by atoms with Gasteiger partial charge in [-0.25, -0.2) is 0 Å². The Morgan fingerprint density at radius 1 is 1.47 bits per heavy atom. The van der Waals surface area contributed by atoms with Crippen molar-refractivity contribution < 1.29 is 9.53 Å². The molecule has 2 unspecified atom stereocenters. The van der Waals surface area contributed by atoms with Crippen LogP contribution in [0, 0.1) is 12.8 Å². The molecule has 104 valence electrons. The molecule has 1 saturated carbocycles. The van der Waals surface area contributed by atoms with Gasteiger partial charge in [-0.05, 0) is 37.8 Å². The van der Waals surface area contributed by atoms with Crippen LogP contribution in [0.5, 0.6) is 5.75 Å². The molecule has 0 radical (unpaired) electrons. The molecule has 1 aromatic carbocycles. The third kappa shape index (κ3) is 2.81. The first-order valence-corrected chi connectivity index (χ1v) is 6.94. The van der Waals surface area contributed by atoms with Crippen LogP contribution < -0.4 is 10.5 Å². The smallest absolute Gasteiger partial charge is 0.186 e. The van der Waals surface area contributed by atoms with E-state index in [4.69, 9.17) is 10.5 Å². The van der Waals surface area contributed by atoms with Gasteiger partial charge in [-0.3, -0.25) is 4.79 Å². The number of hydrogen-bond acceptors (Lipinski definition) is 3. The lowest BCUT2D eigenvalue weighted by atomic mass is 9.73. The number of ether oxygens (including phenoxy) is 1. The Morgan fingerprint density at radius 2 is 2.21 bits per heavy atom. The number of carbonyl (C=O) groups excluding carboxylic acids is 1. The average molecular weight is 261 g/mol. The third-order valence-electron chi connectivity index (χ3n) is 4.08. The van der Waals surface area contributed by atoms with E-state index in [0.29, 0.717) is 17.2 Å². The van der Waals surface area contributed by atoms with Gasteiger partial charge in [0.1, 0.15) is 5.75 Å². The fraction of sp³-hybridized carbons (Fsp3) is 0.562. The normalized spacial score (nSPS) is 27.1. The summed E-state index contributed by atoms with van der Waals surface area (Å²) >= 11 is 0. The van der Waals surface area contributed by atoms with Crippen molar-refractivity contribution in [2.75, 3.05) is 7.11 Å². The average Bonchev–Trinajstić information content (AvgIpc) is 2.37. The van der Waals surface area contributed by atoms with Gasteiger partial charge < -0.3 is 10.5 Å². The van der Waals surface area contributed by atoms with Crippen molar-refractivity contribution in [3.05, 3.63) is 29.3 Å². The second-order valence-electron chi connectivity index (χ2n) is 5.89. The number of Topliss-reactive ketones (excluding diaryl/α,β-unsaturated/α-hetero) is 1. The molecule has 0 saturated heterocycles. The summed E-state index contributed by atoms with van der Waals surface area (Å²) in [6.07, 6.45) is 3.73. The molecule has 0 aliphatic heterocycles. The van der Waals surface area contributed by atoms with Gasteiger partial charge in [-0.1, -0.05) is 31.4 Å². The van der Waals surface area contributed by atoms with Gasteiger partial charge in [-0.15, -0.1) is 0 Å². The van der Waals surface area contributed by atoms with Crippen molar-refractivity contribution in [1.82, 2.24) is 0 Å². The number of nitrogens with two attached hydrogens (primary N) is 1. The van der Waals surface area contributed by atoms with Crippen LogP contribution in [-0.2, 0) is 0 Å². The summed E-state index contributed by atoms with van der Waals surface area (Å²) in [5, 5.41) is 0. The monoisotopic (exact) mass is 261 g/mol. The van der Waals surface area contributed by atoms with E-state index in [2.05, 4.69) is 6.92 Å². The molecule has 3 nitrogen and oxygen atoms in total. The lowest BCUT2D eigenvalue weighted by Gasteiger charge is -2.35. The second kappa shape index (κ2) is 5.33. The Hall–Kier alpha value is -1.35. The zero-order valence-electron chi connectivity index (χ0n) is 12.0. The fourth-order valence-corrected chi connectivity index (χ4v) is 3.07. The maximum absolute atomic E-state index is 12.8. The Balaban J connectivity index is 2.35. The van der Waals surface area contributed by atoms with Gasteiger partial charge in [0, 0.05) is 0 Å². The summed E-state index contributed by atoms with van der Waals surface area (Å²) in [5.74, 6) is 1.16. The first-order valence-electron chi connectivity index (χ1n) is 6.94. The molecule has 3 heteroatoms. The molecule has 0 amide bonds. The summed E-state index contributed by atoms with van der Waals surface area (Å²) in [6, 6.07) is 5.68. The van der Waals surface area contributed by atoms with E-state index >= 15 is 0 Å². The molecule has 2 atom stereocenters. The summed E-state index contributed by atoms with van der Waals surface area (Å²) in [5.41, 5.74) is 7.35. The van der Waals surface area contributed by atoms with E-state index in [0.717, 1.165) is 31.2 Å². The molecule has 1 aliphatic carbocycles. The minimum Gasteiger partial charge on any atom is -0.496 e. The van der Waals surface area contributed by atoms with Crippen molar-refractivity contribution in [1.29, 1.82) is 0 Å². The van der Waals surface area contributed by atoms with Gasteiger partial charge >= 0.3 is 0 Å². The molecule has 0 aromatic heterocycles. The lowest BCUT2D eigenvalue weighted by Crippen LogP contribution is -2.51. The molecule has 1 aromatic rings. The Labute approximate surface area is 115 Å². The van der Waals surface area contributed by atoms with Gasteiger partial charge in [0.2, 0.25) is 0 Å². The SMILES string of the molecule is COc1ccc(C)cc1C(=O)C1(N)CCCC(C)C1. The van der Waals surface area contributed by atoms with Crippen LogP contribution in [0.2, 0.25) is 0 Å². The highest BCUT2D eigenvalue weighted by Gasteiger charge is 2.39. The van der Waals surface area contributed by atoms with E-state index in [1.807, 2.05) is 25.1 Å². The Kier molecular flexibility index (Phi) is 3.95.